The fourth-order valence-corrected chi connectivity index (χ4v) is 5.06. The number of amides is 1. The summed E-state index contributed by atoms with van der Waals surface area (Å²) in [6.45, 7) is 6.32. The Balaban J connectivity index is 1.33. The third kappa shape index (κ3) is 7.36. The molecule has 34 heavy (non-hydrogen) atoms. The molecule has 182 valence electrons. The van der Waals surface area contributed by atoms with Gasteiger partial charge in [0.2, 0.25) is 0 Å². The second-order valence-corrected chi connectivity index (χ2v) is 9.73. The summed E-state index contributed by atoms with van der Waals surface area (Å²) in [4.78, 5) is 26.6. The van der Waals surface area contributed by atoms with E-state index in [-0.39, 0.29) is 11.7 Å². The monoisotopic (exact) mass is 484 g/mol. The van der Waals surface area contributed by atoms with Crippen molar-refractivity contribution in [2.24, 2.45) is 0 Å². The number of anilines is 1. The number of nitrogens with zero attached hydrogens (tertiary/aromatic N) is 5. The van der Waals surface area contributed by atoms with Gasteiger partial charge in [0.1, 0.15) is 10.7 Å². The Labute approximate surface area is 204 Å². The molecule has 0 radical (unpaired) electrons. The number of rotatable bonds is 12. The summed E-state index contributed by atoms with van der Waals surface area (Å²) < 4.78 is 15.4. The zero-order valence-corrected chi connectivity index (χ0v) is 20.4. The van der Waals surface area contributed by atoms with Crippen LogP contribution in [0.1, 0.15) is 47.3 Å². The molecule has 1 aromatic carbocycles. The van der Waals surface area contributed by atoms with E-state index in [0.29, 0.717) is 18.0 Å². The number of nitrogens with one attached hydrogen (secondary N) is 1. The lowest BCUT2D eigenvalue weighted by Gasteiger charge is -2.28. The van der Waals surface area contributed by atoms with Crippen LogP contribution in [-0.4, -0.2) is 58.1 Å². The Morgan fingerprint density at radius 2 is 1.94 bits per heavy atom. The van der Waals surface area contributed by atoms with Crippen molar-refractivity contribution in [1.82, 2.24) is 24.8 Å². The standard InChI is InChI=1S/C25H33FN6OS/c26-22-8-6-21(7-9-22)19-32(16-5-15-30-12-2-1-3-13-30)25-29-18-23(34-25)24(33)28-10-4-14-31-17-11-27-20-31/h6-9,11,17-18,20H,1-5,10,12-16,19H2,(H,28,33). The normalized spacial score (nSPS) is 14.3. The number of aromatic nitrogens is 3. The number of hydrogen-bond donors (Lipinski definition) is 1. The third-order valence-electron chi connectivity index (χ3n) is 6.06. The van der Waals surface area contributed by atoms with Crippen molar-refractivity contribution in [3.05, 3.63) is 65.4 Å². The minimum atomic E-state index is -0.235. The van der Waals surface area contributed by atoms with Gasteiger partial charge in [0.15, 0.2) is 5.13 Å². The molecule has 4 rings (SSSR count). The van der Waals surface area contributed by atoms with Gasteiger partial charge in [-0.25, -0.2) is 14.4 Å². The first kappa shape index (κ1) is 24.3. The molecular weight excluding hydrogens is 451 g/mol. The number of carbonyl (C=O) groups is 1. The van der Waals surface area contributed by atoms with Crippen LogP contribution in [-0.2, 0) is 13.1 Å². The van der Waals surface area contributed by atoms with E-state index in [2.05, 4.69) is 25.1 Å². The third-order valence-corrected chi connectivity index (χ3v) is 7.12. The van der Waals surface area contributed by atoms with Gasteiger partial charge in [0, 0.05) is 38.6 Å². The number of benzene rings is 1. The first-order valence-electron chi connectivity index (χ1n) is 12.1. The average molecular weight is 485 g/mol. The first-order chi connectivity index (χ1) is 16.7. The van der Waals surface area contributed by atoms with E-state index in [1.54, 1.807) is 18.7 Å². The lowest BCUT2D eigenvalue weighted by atomic mass is 10.1. The minimum absolute atomic E-state index is 0.0931. The number of imidazole rings is 1. The summed E-state index contributed by atoms with van der Waals surface area (Å²) in [5.74, 6) is -0.328. The fraction of sp³-hybridized carbons (Fsp3) is 0.480. The molecule has 1 aliphatic rings. The molecule has 0 aliphatic carbocycles. The minimum Gasteiger partial charge on any atom is -0.351 e. The van der Waals surface area contributed by atoms with Gasteiger partial charge in [-0.15, -0.1) is 0 Å². The average Bonchev–Trinajstić information content (AvgIpc) is 3.56. The van der Waals surface area contributed by atoms with E-state index in [1.165, 1.54) is 55.8 Å². The van der Waals surface area contributed by atoms with Crippen molar-refractivity contribution in [1.29, 1.82) is 0 Å². The molecule has 7 nitrogen and oxygen atoms in total. The molecule has 1 aliphatic heterocycles. The molecule has 0 unspecified atom stereocenters. The number of halogens is 1. The van der Waals surface area contributed by atoms with Gasteiger partial charge in [-0.05, 0) is 63.0 Å². The van der Waals surface area contributed by atoms with Gasteiger partial charge in [0.05, 0.1) is 12.5 Å². The molecule has 1 amide bonds. The van der Waals surface area contributed by atoms with Crippen molar-refractivity contribution >= 4 is 22.4 Å². The molecule has 1 saturated heterocycles. The maximum absolute atomic E-state index is 13.4. The topological polar surface area (TPSA) is 66.3 Å². The van der Waals surface area contributed by atoms with Crippen LogP contribution >= 0.6 is 11.3 Å². The van der Waals surface area contributed by atoms with E-state index >= 15 is 0 Å². The molecule has 1 N–H and O–H groups in total. The SMILES string of the molecule is O=C(NCCCn1ccnc1)c1cnc(N(CCCN2CCCCC2)Cc2ccc(F)cc2)s1. The maximum atomic E-state index is 13.4. The highest BCUT2D eigenvalue weighted by Gasteiger charge is 2.17. The van der Waals surface area contributed by atoms with Crippen LogP contribution in [0.3, 0.4) is 0 Å². The second-order valence-electron chi connectivity index (χ2n) is 8.72. The van der Waals surface area contributed by atoms with Crippen molar-refractivity contribution < 1.29 is 9.18 Å². The molecule has 3 aromatic rings. The molecule has 0 saturated carbocycles. The van der Waals surface area contributed by atoms with Crippen LogP contribution in [0.5, 0.6) is 0 Å². The predicted molar refractivity (Wildman–Crippen MR) is 134 cm³/mol. The lowest BCUT2D eigenvalue weighted by molar-refractivity contribution is 0.0956. The van der Waals surface area contributed by atoms with E-state index in [1.807, 2.05) is 22.9 Å². The molecule has 1 fully saturated rings. The number of piperidine rings is 1. The smallest absolute Gasteiger partial charge is 0.263 e. The Morgan fingerprint density at radius 1 is 1.12 bits per heavy atom. The molecular formula is C25H33FN6OS. The van der Waals surface area contributed by atoms with E-state index in [9.17, 15) is 9.18 Å². The van der Waals surface area contributed by atoms with Crippen LogP contribution in [0.4, 0.5) is 9.52 Å². The van der Waals surface area contributed by atoms with Gasteiger partial charge in [-0.2, -0.15) is 0 Å². The van der Waals surface area contributed by atoms with Crippen LogP contribution in [0.25, 0.3) is 0 Å². The highest BCUT2D eigenvalue weighted by atomic mass is 32.1. The Hall–Kier alpha value is -2.78. The van der Waals surface area contributed by atoms with Gasteiger partial charge in [0.25, 0.3) is 5.91 Å². The first-order valence-corrected chi connectivity index (χ1v) is 12.9. The molecule has 3 heterocycles. The number of likely N-dealkylation sites (tertiary alicyclic amines) is 1. The van der Waals surface area contributed by atoms with Crippen molar-refractivity contribution in [2.75, 3.05) is 37.6 Å². The highest BCUT2D eigenvalue weighted by Crippen LogP contribution is 2.25. The quantitative estimate of drug-likeness (QED) is 0.391. The summed E-state index contributed by atoms with van der Waals surface area (Å²) in [6, 6.07) is 6.61. The lowest BCUT2D eigenvalue weighted by Crippen LogP contribution is -2.33. The van der Waals surface area contributed by atoms with Gasteiger partial charge < -0.3 is 19.7 Å². The van der Waals surface area contributed by atoms with Crippen LogP contribution in [0.2, 0.25) is 0 Å². The number of hydrogen-bond acceptors (Lipinski definition) is 6. The Kier molecular flexibility index (Phi) is 9.04. The second kappa shape index (κ2) is 12.6. The Bertz CT molecular complexity index is 1000. The highest BCUT2D eigenvalue weighted by molar-refractivity contribution is 7.17. The maximum Gasteiger partial charge on any atom is 0.263 e. The summed E-state index contributed by atoms with van der Waals surface area (Å²) in [5.41, 5.74) is 1.03. The predicted octanol–water partition coefficient (Wildman–Crippen LogP) is 4.18. The number of aryl methyl sites for hydroxylation is 1. The van der Waals surface area contributed by atoms with E-state index in [4.69, 9.17) is 0 Å². The number of thiazole rings is 1. The zero-order valence-electron chi connectivity index (χ0n) is 19.5. The fourth-order valence-electron chi connectivity index (χ4n) is 4.21. The van der Waals surface area contributed by atoms with Crippen molar-refractivity contribution in [2.45, 2.75) is 45.2 Å². The van der Waals surface area contributed by atoms with Gasteiger partial charge in [-0.3, -0.25) is 4.79 Å². The molecule has 9 heteroatoms. The number of carbonyl (C=O) groups excluding carboxylic acids is 1. The summed E-state index contributed by atoms with van der Waals surface area (Å²) in [6.07, 6.45) is 12.9. The zero-order chi connectivity index (χ0) is 23.6. The van der Waals surface area contributed by atoms with Crippen LogP contribution < -0.4 is 10.2 Å². The Morgan fingerprint density at radius 3 is 2.71 bits per heavy atom. The van der Waals surface area contributed by atoms with Crippen LogP contribution in [0, 0.1) is 5.82 Å². The summed E-state index contributed by atoms with van der Waals surface area (Å²) in [7, 11) is 0. The van der Waals surface area contributed by atoms with E-state index < -0.39 is 0 Å². The van der Waals surface area contributed by atoms with Crippen molar-refractivity contribution in [3.8, 4) is 0 Å². The molecule has 0 bridgehead atoms. The van der Waals surface area contributed by atoms with Gasteiger partial charge in [-0.1, -0.05) is 29.9 Å². The summed E-state index contributed by atoms with van der Waals surface area (Å²) in [5, 5.41) is 3.81. The molecule has 2 aromatic heterocycles. The van der Waals surface area contributed by atoms with E-state index in [0.717, 1.165) is 43.2 Å². The van der Waals surface area contributed by atoms with Crippen molar-refractivity contribution in [3.63, 3.8) is 0 Å². The molecule has 0 atom stereocenters. The van der Waals surface area contributed by atoms with Gasteiger partial charge >= 0.3 is 0 Å². The summed E-state index contributed by atoms with van der Waals surface area (Å²) >= 11 is 1.41. The molecule has 0 spiro atoms. The largest absolute Gasteiger partial charge is 0.351 e. The van der Waals surface area contributed by atoms with Crippen LogP contribution in [0.15, 0.2) is 49.2 Å².